The molecule has 2 N–H and O–H groups in total. The van der Waals surface area contributed by atoms with Gasteiger partial charge >= 0.3 is 6.09 Å². The van der Waals surface area contributed by atoms with Crippen LogP contribution in [0.3, 0.4) is 0 Å². The van der Waals surface area contributed by atoms with E-state index in [0.29, 0.717) is 13.2 Å². The summed E-state index contributed by atoms with van der Waals surface area (Å²) in [5, 5.41) is 12.4. The minimum atomic E-state index is -1.50. The molecule has 0 aromatic rings. The predicted octanol–water partition coefficient (Wildman–Crippen LogP) is 0.128. The number of likely N-dealkylation sites (tertiary alicyclic amines) is 1. The number of β-amino-alcohol motifs (C(OH)–C–C–N with tert-alkyl or cyclic N) is 1. The lowest BCUT2D eigenvalue weighted by molar-refractivity contribution is -0.155. The molecule has 0 aromatic carbocycles. The number of nitrogens with one attached hydrogen (secondary N) is 1. The summed E-state index contributed by atoms with van der Waals surface area (Å²) in [6.45, 7) is 7.88. The second-order valence-electron chi connectivity index (χ2n) is 4.86. The van der Waals surface area contributed by atoms with Crippen molar-refractivity contribution in [2.75, 3.05) is 26.2 Å². The molecule has 1 heterocycles. The number of aliphatic hydroxyl groups is 1. The molecule has 0 aliphatic carbocycles. The van der Waals surface area contributed by atoms with E-state index in [4.69, 9.17) is 4.74 Å². The number of ether oxygens (including phenoxy) is 1. The second kappa shape index (κ2) is 5.86. The molecular formula is C12H20N2O4. The van der Waals surface area contributed by atoms with Gasteiger partial charge in [0.2, 0.25) is 0 Å². The molecular weight excluding hydrogens is 236 g/mol. The highest BCUT2D eigenvalue weighted by Gasteiger charge is 2.50. The van der Waals surface area contributed by atoms with Crippen molar-refractivity contribution >= 4 is 12.0 Å². The Morgan fingerprint density at radius 3 is 2.67 bits per heavy atom. The van der Waals surface area contributed by atoms with Gasteiger partial charge in [0, 0.05) is 6.54 Å². The van der Waals surface area contributed by atoms with E-state index >= 15 is 0 Å². The van der Waals surface area contributed by atoms with E-state index in [1.54, 1.807) is 0 Å². The van der Waals surface area contributed by atoms with Gasteiger partial charge in [0.05, 0.1) is 19.7 Å². The summed E-state index contributed by atoms with van der Waals surface area (Å²) in [5.74, 6) is -0.236. The minimum absolute atomic E-state index is 0.0348. The summed E-state index contributed by atoms with van der Waals surface area (Å²) >= 11 is 0. The molecule has 1 aliphatic rings. The lowest BCUT2D eigenvalue weighted by Crippen LogP contribution is -2.69. The smallest absolute Gasteiger partial charge is 0.409 e. The molecule has 2 amide bonds. The van der Waals surface area contributed by atoms with E-state index < -0.39 is 17.6 Å². The molecule has 1 aliphatic heterocycles. The molecule has 6 nitrogen and oxygen atoms in total. The second-order valence-corrected chi connectivity index (χ2v) is 4.86. The van der Waals surface area contributed by atoms with Crippen molar-refractivity contribution in [2.45, 2.75) is 19.4 Å². The average molecular weight is 256 g/mol. The normalized spacial score (nSPS) is 17.0. The minimum Gasteiger partial charge on any atom is -0.449 e. The van der Waals surface area contributed by atoms with Crippen LogP contribution in [-0.2, 0) is 9.53 Å². The zero-order chi connectivity index (χ0) is 13.8. The molecule has 0 aromatic heterocycles. The Kier molecular flexibility index (Phi) is 4.72. The van der Waals surface area contributed by atoms with E-state index in [1.807, 2.05) is 13.8 Å². The van der Waals surface area contributed by atoms with Gasteiger partial charge in [-0.3, -0.25) is 4.79 Å². The lowest BCUT2D eigenvalue weighted by Gasteiger charge is -2.43. The zero-order valence-electron chi connectivity index (χ0n) is 10.8. The Bertz CT molecular complexity index is 335. The monoisotopic (exact) mass is 256 g/mol. The van der Waals surface area contributed by atoms with Gasteiger partial charge in [-0.15, -0.1) is 6.58 Å². The van der Waals surface area contributed by atoms with Gasteiger partial charge in [-0.25, -0.2) is 4.79 Å². The SMILES string of the molecule is C=CCNC(=O)C1(O)CN(C(=O)OCC(C)C)C1. The van der Waals surface area contributed by atoms with Crippen LogP contribution in [-0.4, -0.2) is 53.8 Å². The van der Waals surface area contributed by atoms with E-state index in [0.717, 1.165) is 0 Å². The van der Waals surface area contributed by atoms with Crippen molar-refractivity contribution in [2.24, 2.45) is 5.92 Å². The summed E-state index contributed by atoms with van der Waals surface area (Å²) < 4.78 is 4.99. The van der Waals surface area contributed by atoms with Gasteiger partial charge in [-0.05, 0) is 5.92 Å². The number of carbonyl (C=O) groups is 2. The van der Waals surface area contributed by atoms with Crippen LogP contribution in [0.25, 0.3) is 0 Å². The molecule has 6 heteroatoms. The fourth-order valence-electron chi connectivity index (χ4n) is 1.52. The first kappa shape index (κ1) is 14.5. The fourth-order valence-corrected chi connectivity index (χ4v) is 1.52. The summed E-state index contributed by atoms with van der Waals surface area (Å²) in [7, 11) is 0. The van der Waals surface area contributed by atoms with Crippen molar-refractivity contribution in [1.82, 2.24) is 10.2 Å². The quantitative estimate of drug-likeness (QED) is 0.685. The van der Waals surface area contributed by atoms with Crippen molar-refractivity contribution in [3.8, 4) is 0 Å². The first-order valence-electron chi connectivity index (χ1n) is 5.92. The van der Waals surface area contributed by atoms with Gasteiger partial charge < -0.3 is 20.1 Å². The molecule has 0 spiro atoms. The maximum Gasteiger partial charge on any atom is 0.409 e. The standard InChI is InChI=1S/C12H20N2O4/c1-4-5-13-10(15)12(17)7-14(8-12)11(16)18-6-9(2)3/h4,9,17H,1,5-8H2,2-3H3,(H,13,15). The lowest BCUT2D eigenvalue weighted by atomic mass is 9.94. The molecule has 0 unspecified atom stereocenters. The number of amides is 2. The van der Waals surface area contributed by atoms with Crippen molar-refractivity contribution in [1.29, 1.82) is 0 Å². The van der Waals surface area contributed by atoms with E-state index in [1.165, 1.54) is 11.0 Å². The number of hydrogen-bond donors (Lipinski definition) is 2. The van der Waals surface area contributed by atoms with Gasteiger partial charge in [0.25, 0.3) is 5.91 Å². The molecule has 1 rings (SSSR count). The Morgan fingerprint density at radius 2 is 2.17 bits per heavy atom. The molecule has 18 heavy (non-hydrogen) atoms. The van der Waals surface area contributed by atoms with Crippen molar-refractivity contribution < 1.29 is 19.4 Å². The third-order valence-corrected chi connectivity index (χ3v) is 2.53. The highest BCUT2D eigenvalue weighted by Crippen LogP contribution is 2.22. The van der Waals surface area contributed by atoms with Gasteiger partial charge in [-0.2, -0.15) is 0 Å². The molecule has 1 saturated heterocycles. The van der Waals surface area contributed by atoms with E-state index in [2.05, 4.69) is 11.9 Å². The van der Waals surface area contributed by atoms with Crippen LogP contribution < -0.4 is 5.32 Å². The molecule has 0 bridgehead atoms. The summed E-state index contributed by atoms with van der Waals surface area (Å²) in [4.78, 5) is 24.4. The van der Waals surface area contributed by atoms with Gasteiger partial charge in [0.1, 0.15) is 0 Å². The maximum absolute atomic E-state index is 11.6. The first-order valence-corrected chi connectivity index (χ1v) is 5.92. The van der Waals surface area contributed by atoms with Gasteiger partial charge in [-0.1, -0.05) is 19.9 Å². The average Bonchev–Trinajstić information content (AvgIpc) is 2.28. The Labute approximate surface area is 107 Å². The Morgan fingerprint density at radius 1 is 1.56 bits per heavy atom. The topological polar surface area (TPSA) is 78.9 Å². The third kappa shape index (κ3) is 3.46. The van der Waals surface area contributed by atoms with Crippen LogP contribution in [0, 0.1) is 5.92 Å². The van der Waals surface area contributed by atoms with Gasteiger partial charge in [0.15, 0.2) is 5.60 Å². The van der Waals surface area contributed by atoms with Crippen LogP contribution in [0.4, 0.5) is 4.79 Å². The third-order valence-electron chi connectivity index (χ3n) is 2.53. The number of rotatable bonds is 5. The molecule has 102 valence electrons. The number of nitrogens with zero attached hydrogens (tertiary/aromatic N) is 1. The first-order chi connectivity index (χ1) is 8.39. The highest BCUT2D eigenvalue weighted by molar-refractivity contribution is 5.88. The van der Waals surface area contributed by atoms with Crippen molar-refractivity contribution in [3.63, 3.8) is 0 Å². The van der Waals surface area contributed by atoms with E-state index in [-0.39, 0.29) is 19.0 Å². The van der Waals surface area contributed by atoms with Crippen LogP contribution in [0.1, 0.15) is 13.8 Å². The summed E-state index contributed by atoms with van der Waals surface area (Å²) in [6, 6.07) is 0. The summed E-state index contributed by atoms with van der Waals surface area (Å²) in [5.41, 5.74) is -1.50. The molecule has 0 saturated carbocycles. The van der Waals surface area contributed by atoms with Crippen LogP contribution >= 0.6 is 0 Å². The highest BCUT2D eigenvalue weighted by atomic mass is 16.6. The summed E-state index contributed by atoms with van der Waals surface area (Å²) in [6.07, 6.45) is 1.03. The Balaban J connectivity index is 2.35. The Hall–Kier alpha value is -1.56. The molecule has 0 atom stereocenters. The molecule has 0 radical (unpaired) electrons. The van der Waals surface area contributed by atoms with Crippen LogP contribution in [0.2, 0.25) is 0 Å². The largest absolute Gasteiger partial charge is 0.449 e. The van der Waals surface area contributed by atoms with E-state index in [9.17, 15) is 14.7 Å². The maximum atomic E-state index is 11.6. The van der Waals surface area contributed by atoms with Crippen LogP contribution in [0.15, 0.2) is 12.7 Å². The number of hydrogen-bond acceptors (Lipinski definition) is 4. The fraction of sp³-hybridized carbons (Fsp3) is 0.667. The van der Waals surface area contributed by atoms with Crippen molar-refractivity contribution in [3.05, 3.63) is 12.7 Å². The predicted molar refractivity (Wildman–Crippen MR) is 65.9 cm³/mol. The zero-order valence-corrected chi connectivity index (χ0v) is 10.8. The molecule has 1 fully saturated rings. The van der Waals surface area contributed by atoms with Crippen LogP contribution in [0.5, 0.6) is 0 Å². The number of carbonyl (C=O) groups excluding carboxylic acids is 2.